The van der Waals surface area contributed by atoms with Crippen molar-refractivity contribution in [2.45, 2.75) is 19.4 Å². The summed E-state index contributed by atoms with van der Waals surface area (Å²) >= 11 is 3.09. The summed E-state index contributed by atoms with van der Waals surface area (Å²) in [5.74, 6) is 0. The van der Waals surface area contributed by atoms with E-state index in [0.717, 1.165) is 0 Å². The predicted molar refractivity (Wildman–Crippen MR) is 51.0 cm³/mol. The van der Waals surface area contributed by atoms with Gasteiger partial charge in [-0.2, -0.15) is 5.26 Å². The van der Waals surface area contributed by atoms with Crippen LogP contribution < -0.4 is 5.56 Å². The molecule has 0 fully saturated rings. The van der Waals surface area contributed by atoms with Crippen LogP contribution in [-0.2, 0) is 6.54 Å². The molecule has 1 aromatic rings. The summed E-state index contributed by atoms with van der Waals surface area (Å²) in [6.07, 6.45) is 4.07. The molecule has 0 aliphatic rings. The third kappa shape index (κ3) is 2.67. The Morgan fingerprint density at radius 3 is 3.15 bits per heavy atom. The molecule has 0 saturated carbocycles. The first-order valence-electron chi connectivity index (χ1n) is 3.82. The normalized spacial score (nSPS) is 9.54. The minimum absolute atomic E-state index is 0.104. The van der Waals surface area contributed by atoms with E-state index in [9.17, 15) is 4.79 Å². The number of halogens is 1. The topological polar surface area (TPSA) is 58.7 Å². The first-order valence-corrected chi connectivity index (χ1v) is 4.62. The fourth-order valence-electron chi connectivity index (χ4n) is 0.912. The number of hydrogen-bond acceptors (Lipinski definition) is 3. The Bertz CT molecular complexity index is 380. The number of nitriles is 1. The van der Waals surface area contributed by atoms with Gasteiger partial charge >= 0.3 is 0 Å². The molecular weight excluding hydrogens is 234 g/mol. The Hall–Kier alpha value is -1.15. The standard InChI is InChI=1S/C8H8BrN3O/c9-7-5-11-6-12(8(7)13)4-2-1-3-10/h5-6H,1-2,4H2. The lowest BCUT2D eigenvalue weighted by molar-refractivity contribution is 0.617. The molecule has 0 amide bonds. The Balaban J connectivity index is 2.73. The van der Waals surface area contributed by atoms with Crippen molar-refractivity contribution in [3.8, 4) is 6.07 Å². The Morgan fingerprint density at radius 1 is 1.69 bits per heavy atom. The van der Waals surface area contributed by atoms with Crippen molar-refractivity contribution in [3.05, 3.63) is 27.4 Å². The summed E-state index contributed by atoms with van der Waals surface area (Å²) in [4.78, 5) is 15.2. The number of nitrogens with zero attached hydrogens (tertiary/aromatic N) is 3. The zero-order valence-electron chi connectivity index (χ0n) is 6.90. The molecule has 1 aromatic heterocycles. The second kappa shape index (κ2) is 4.77. The molecule has 0 aromatic carbocycles. The van der Waals surface area contributed by atoms with E-state index in [2.05, 4.69) is 20.9 Å². The van der Waals surface area contributed by atoms with Crippen molar-refractivity contribution in [1.29, 1.82) is 5.26 Å². The molecule has 68 valence electrons. The van der Waals surface area contributed by atoms with Crippen LogP contribution in [0.4, 0.5) is 0 Å². The van der Waals surface area contributed by atoms with E-state index in [0.29, 0.717) is 23.9 Å². The fourth-order valence-corrected chi connectivity index (χ4v) is 1.26. The second-order valence-electron chi connectivity index (χ2n) is 2.50. The lowest BCUT2D eigenvalue weighted by Crippen LogP contribution is -2.20. The van der Waals surface area contributed by atoms with Gasteiger partial charge in [-0.3, -0.25) is 9.36 Å². The Labute approximate surface area is 84.0 Å². The molecule has 0 spiro atoms. The summed E-state index contributed by atoms with van der Waals surface area (Å²) in [6.45, 7) is 0.541. The van der Waals surface area contributed by atoms with Gasteiger partial charge in [0.15, 0.2) is 0 Å². The van der Waals surface area contributed by atoms with Crippen molar-refractivity contribution in [2.24, 2.45) is 0 Å². The van der Waals surface area contributed by atoms with Crippen LogP contribution in [0.1, 0.15) is 12.8 Å². The third-order valence-corrected chi connectivity index (χ3v) is 2.09. The maximum Gasteiger partial charge on any atom is 0.267 e. The average molecular weight is 242 g/mol. The zero-order valence-corrected chi connectivity index (χ0v) is 8.49. The van der Waals surface area contributed by atoms with E-state index in [1.165, 1.54) is 17.1 Å². The van der Waals surface area contributed by atoms with Gasteiger partial charge in [-0.15, -0.1) is 0 Å². The summed E-state index contributed by atoms with van der Waals surface area (Å²) in [5, 5.41) is 8.31. The highest BCUT2D eigenvalue weighted by molar-refractivity contribution is 9.10. The minimum atomic E-state index is -0.104. The van der Waals surface area contributed by atoms with Gasteiger partial charge in [-0.05, 0) is 22.4 Å². The van der Waals surface area contributed by atoms with E-state index in [-0.39, 0.29) is 5.56 Å². The highest BCUT2D eigenvalue weighted by Gasteiger charge is 1.99. The van der Waals surface area contributed by atoms with Crippen LogP contribution in [0.15, 0.2) is 21.8 Å². The van der Waals surface area contributed by atoms with E-state index in [1.807, 2.05) is 6.07 Å². The maximum atomic E-state index is 11.4. The second-order valence-corrected chi connectivity index (χ2v) is 3.36. The van der Waals surface area contributed by atoms with Gasteiger partial charge in [0.2, 0.25) is 0 Å². The molecule has 0 saturated heterocycles. The molecule has 0 N–H and O–H groups in total. The summed E-state index contributed by atoms with van der Waals surface area (Å²) in [7, 11) is 0. The van der Waals surface area contributed by atoms with Gasteiger partial charge in [-0.25, -0.2) is 4.98 Å². The lowest BCUT2D eigenvalue weighted by atomic mass is 10.3. The molecule has 5 heteroatoms. The molecule has 0 unspecified atom stereocenters. The maximum absolute atomic E-state index is 11.4. The highest BCUT2D eigenvalue weighted by Crippen LogP contribution is 1.99. The molecular formula is C8H8BrN3O. The van der Waals surface area contributed by atoms with Crippen LogP contribution >= 0.6 is 15.9 Å². The van der Waals surface area contributed by atoms with Crippen molar-refractivity contribution < 1.29 is 0 Å². The lowest BCUT2D eigenvalue weighted by Gasteiger charge is -2.01. The van der Waals surface area contributed by atoms with Gasteiger partial charge in [0.25, 0.3) is 5.56 Å². The molecule has 1 heterocycles. The molecule has 0 aliphatic carbocycles. The molecule has 13 heavy (non-hydrogen) atoms. The summed E-state index contributed by atoms with van der Waals surface area (Å²) in [5.41, 5.74) is -0.104. The average Bonchev–Trinajstić information content (AvgIpc) is 2.13. The monoisotopic (exact) mass is 241 g/mol. The zero-order chi connectivity index (χ0) is 9.68. The van der Waals surface area contributed by atoms with Crippen molar-refractivity contribution in [3.63, 3.8) is 0 Å². The molecule has 0 bridgehead atoms. The molecule has 1 rings (SSSR count). The first kappa shape index (κ1) is 9.93. The SMILES string of the molecule is N#CCCCn1cncc(Br)c1=O. The van der Waals surface area contributed by atoms with E-state index in [4.69, 9.17) is 5.26 Å². The third-order valence-electron chi connectivity index (χ3n) is 1.55. The number of rotatable bonds is 3. The van der Waals surface area contributed by atoms with Gasteiger partial charge in [0.1, 0.15) is 4.47 Å². The number of aromatic nitrogens is 2. The highest BCUT2D eigenvalue weighted by atomic mass is 79.9. The largest absolute Gasteiger partial charge is 0.298 e. The molecule has 0 aliphatic heterocycles. The summed E-state index contributed by atoms with van der Waals surface area (Å²) in [6, 6.07) is 2.02. The fraction of sp³-hybridized carbons (Fsp3) is 0.375. The van der Waals surface area contributed by atoms with Crippen LogP contribution in [0.2, 0.25) is 0 Å². The van der Waals surface area contributed by atoms with Crippen LogP contribution in [0.25, 0.3) is 0 Å². The van der Waals surface area contributed by atoms with Crippen LogP contribution in [0.3, 0.4) is 0 Å². The van der Waals surface area contributed by atoms with Crippen LogP contribution in [0.5, 0.6) is 0 Å². The molecule has 4 nitrogen and oxygen atoms in total. The van der Waals surface area contributed by atoms with Gasteiger partial charge < -0.3 is 0 Å². The summed E-state index contributed by atoms with van der Waals surface area (Å²) < 4.78 is 1.94. The van der Waals surface area contributed by atoms with Crippen LogP contribution in [-0.4, -0.2) is 9.55 Å². The van der Waals surface area contributed by atoms with Gasteiger partial charge in [-0.1, -0.05) is 0 Å². The Morgan fingerprint density at radius 2 is 2.46 bits per heavy atom. The van der Waals surface area contributed by atoms with E-state index >= 15 is 0 Å². The van der Waals surface area contributed by atoms with E-state index in [1.54, 1.807) is 0 Å². The number of hydrogen-bond donors (Lipinski definition) is 0. The quantitative estimate of drug-likeness (QED) is 0.751. The number of aryl methyl sites for hydroxylation is 1. The van der Waals surface area contributed by atoms with Crippen LogP contribution in [0, 0.1) is 11.3 Å². The molecule has 0 radical (unpaired) electrons. The van der Waals surface area contributed by atoms with Crippen molar-refractivity contribution >= 4 is 15.9 Å². The smallest absolute Gasteiger partial charge is 0.267 e. The van der Waals surface area contributed by atoms with Crippen molar-refractivity contribution in [2.75, 3.05) is 0 Å². The van der Waals surface area contributed by atoms with Gasteiger partial charge in [0.05, 0.1) is 12.4 Å². The van der Waals surface area contributed by atoms with Crippen molar-refractivity contribution in [1.82, 2.24) is 9.55 Å². The minimum Gasteiger partial charge on any atom is -0.298 e. The number of unbranched alkanes of at least 4 members (excludes halogenated alkanes) is 1. The predicted octanol–water partition coefficient (Wildman–Crippen LogP) is 1.31. The molecule has 0 atom stereocenters. The van der Waals surface area contributed by atoms with E-state index < -0.39 is 0 Å². The Kier molecular flexibility index (Phi) is 3.65. The first-order chi connectivity index (χ1) is 6.25. The van der Waals surface area contributed by atoms with Gasteiger partial charge in [0, 0.05) is 19.2 Å².